The molecule has 0 aromatic carbocycles. The van der Waals surface area contributed by atoms with Crippen LogP contribution in [0.1, 0.15) is 66.2 Å². The summed E-state index contributed by atoms with van der Waals surface area (Å²) in [6, 6.07) is 0. The van der Waals surface area contributed by atoms with Crippen molar-refractivity contribution in [3.05, 3.63) is 24.3 Å². The van der Waals surface area contributed by atoms with Crippen LogP contribution in [-0.4, -0.2) is 0 Å². The number of fused-ring (bicyclic) bond motifs is 1. The van der Waals surface area contributed by atoms with Crippen molar-refractivity contribution < 1.29 is 0 Å². The monoisotopic (exact) mass is 260 g/mol. The molecule has 2 aliphatic carbocycles. The van der Waals surface area contributed by atoms with Crippen LogP contribution in [0, 0.1) is 29.1 Å². The van der Waals surface area contributed by atoms with Gasteiger partial charge in [0.25, 0.3) is 0 Å². The van der Waals surface area contributed by atoms with Gasteiger partial charge in [0, 0.05) is 0 Å². The fourth-order valence-corrected chi connectivity index (χ4v) is 4.34. The van der Waals surface area contributed by atoms with Crippen molar-refractivity contribution in [3.8, 4) is 0 Å². The zero-order valence-electron chi connectivity index (χ0n) is 13.4. The third-order valence-corrected chi connectivity index (χ3v) is 6.27. The van der Waals surface area contributed by atoms with Crippen LogP contribution in [0.15, 0.2) is 24.3 Å². The highest BCUT2D eigenvalue weighted by atomic mass is 14.4. The standard InChI is InChI=1S/C19H32/c1-6-19(5,7-2)13-16-11-12-17-14(3)9-8-10-18(17)15(16)4/h6,11,14-15,17-18H,1,7-10,12-13H2,2-5H3/t14-,15?,17?,18?,19?/m0/s1. The molecule has 19 heavy (non-hydrogen) atoms. The van der Waals surface area contributed by atoms with Crippen LogP contribution in [0.5, 0.6) is 0 Å². The summed E-state index contributed by atoms with van der Waals surface area (Å²) in [7, 11) is 0. The minimum Gasteiger partial charge on any atom is -0.103 e. The van der Waals surface area contributed by atoms with E-state index >= 15 is 0 Å². The van der Waals surface area contributed by atoms with E-state index in [1.807, 2.05) is 0 Å². The molecule has 2 rings (SSSR count). The Hall–Kier alpha value is -0.520. The van der Waals surface area contributed by atoms with Crippen molar-refractivity contribution >= 4 is 0 Å². The lowest BCUT2D eigenvalue weighted by Crippen LogP contribution is -2.35. The van der Waals surface area contributed by atoms with Crippen molar-refractivity contribution in [2.45, 2.75) is 66.2 Å². The van der Waals surface area contributed by atoms with Gasteiger partial charge in [0.05, 0.1) is 0 Å². The first kappa shape index (κ1) is 14.9. The Morgan fingerprint density at radius 2 is 2.05 bits per heavy atom. The molecule has 2 aliphatic rings. The quantitative estimate of drug-likeness (QED) is 0.544. The number of rotatable bonds is 4. The Labute approximate surface area is 120 Å². The average Bonchev–Trinajstić information content (AvgIpc) is 2.42. The van der Waals surface area contributed by atoms with Gasteiger partial charge >= 0.3 is 0 Å². The van der Waals surface area contributed by atoms with Crippen LogP contribution in [0.2, 0.25) is 0 Å². The summed E-state index contributed by atoms with van der Waals surface area (Å²) in [5.74, 6) is 3.65. The molecule has 0 aromatic rings. The maximum atomic E-state index is 4.06. The second-order valence-corrected chi connectivity index (χ2v) is 7.43. The summed E-state index contributed by atoms with van der Waals surface area (Å²) in [6.07, 6.45) is 12.9. The molecule has 0 heteroatoms. The van der Waals surface area contributed by atoms with Crippen LogP contribution < -0.4 is 0 Å². The minimum atomic E-state index is 0.299. The fourth-order valence-electron chi connectivity index (χ4n) is 4.34. The zero-order valence-corrected chi connectivity index (χ0v) is 13.4. The first-order valence-corrected chi connectivity index (χ1v) is 8.33. The zero-order chi connectivity index (χ0) is 14.0. The molecule has 0 N–H and O–H groups in total. The molecule has 0 bridgehead atoms. The van der Waals surface area contributed by atoms with E-state index in [0.717, 1.165) is 23.7 Å². The average molecular weight is 260 g/mol. The Bertz CT molecular complexity index is 351. The summed E-state index contributed by atoms with van der Waals surface area (Å²) in [5.41, 5.74) is 2.02. The molecule has 1 saturated carbocycles. The lowest BCUT2D eigenvalue weighted by molar-refractivity contribution is 0.116. The summed E-state index contributed by atoms with van der Waals surface area (Å²) in [4.78, 5) is 0. The molecule has 0 amide bonds. The van der Waals surface area contributed by atoms with Crippen LogP contribution in [0.3, 0.4) is 0 Å². The van der Waals surface area contributed by atoms with Gasteiger partial charge in [0.1, 0.15) is 0 Å². The molecular formula is C19H32. The van der Waals surface area contributed by atoms with E-state index in [2.05, 4.69) is 46.4 Å². The van der Waals surface area contributed by atoms with Gasteiger partial charge in [-0.3, -0.25) is 0 Å². The molecule has 5 atom stereocenters. The Kier molecular flexibility index (Phi) is 4.58. The number of hydrogen-bond donors (Lipinski definition) is 0. The lowest BCUT2D eigenvalue weighted by atomic mass is 9.61. The van der Waals surface area contributed by atoms with Gasteiger partial charge in [0.2, 0.25) is 0 Å². The Morgan fingerprint density at radius 1 is 1.32 bits per heavy atom. The second-order valence-electron chi connectivity index (χ2n) is 7.43. The van der Waals surface area contributed by atoms with E-state index in [1.54, 1.807) is 5.57 Å². The SMILES string of the molecule is C=CC(C)(CC)CC1=CCC2C(CCC[C@@H]2C)C1C. The van der Waals surface area contributed by atoms with Crippen LogP contribution in [0.25, 0.3) is 0 Å². The Balaban J connectivity index is 2.13. The predicted octanol–water partition coefficient (Wildman–Crippen LogP) is 6.00. The third-order valence-electron chi connectivity index (χ3n) is 6.27. The van der Waals surface area contributed by atoms with Gasteiger partial charge < -0.3 is 0 Å². The highest BCUT2D eigenvalue weighted by molar-refractivity contribution is 5.17. The predicted molar refractivity (Wildman–Crippen MR) is 85.1 cm³/mol. The molecule has 0 saturated heterocycles. The van der Waals surface area contributed by atoms with Crippen molar-refractivity contribution in [2.24, 2.45) is 29.1 Å². The molecule has 0 aliphatic heterocycles. The van der Waals surface area contributed by atoms with Gasteiger partial charge in [-0.1, -0.05) is 58.3 Å². The first-order valence-electron chi connectivity index (χ1n) is 8.33. The smallest absolute Gasteiger partial charge is 0.0115 e. The van der Waals surface area contributed by atoms with Gasteiger partial charge in [0.15, 0.2) is 0 Å². The topological polar surface area (TPSA) is 0 Å². The second kappa shape index (κ2) is 5.85. The maximum absolute atomic E-state index is 4.06. The largest absolute Gasteiger partial charge is 0.103 e. The Morgan fingerprint density at radius 3 is 2.68 bits per heavy atom. The molecule has 1 fully saturated rings. The normalized spacial score (nSPS) is 38.0. The van der Waals surface area contributed by atoms with E-state index in [-0.39, 0.29) is 0 Å². The molecule has 0 nitrogen and oxygen atoms in total. The maximum Gasteiger partial charge on any atom is -0.0115 e. The summed E-state index contributed by atoms with van der Waals surface area (Å²) in [5, 5.41) is 0. The van der Waals surface area contributed by atoms with Crippen molar-refractivity contribution in [2.75, 3.05) is 0 Å². The number of allylic oxidation sites excluding steroid dienone is 3. The van der Waals surface area contributed by atoms with E-state index in [9.17, 15) is 0 Å². The summed E-state index contributed by atoms with van der Waals surface area (Å²) < 4.78 is 0. The van der Waals surface area contributed by atoms with E-state index in [0.29, 0.717) is 5.41 Å². The van der Waals surface area contributed by atoms with E-state index in [1.165, 1.54) is 38.5 Å². The third kappa shape index (κ3) is 2.98. The van der Waals surface area contributed by atoms with Gasteiger partial charge in [-0.2, -0.15) is 0 Å². The first-order chi connectivity index (χ1) is 9.00. The van der Waals surface area contributed by atoms with Gasteiger partial charge in [-0.15, -0.1) is 6.58 Å². The molecular weight excluding hydrogens is 228 g/mol. The van der Waals surface area contributed by atoms with Crippen LogP contribution >= 0.6 is 0 Å². The number of hydrogen-bond acceptors (Lipinski definition) is 0. The minimum absolute atomic E-state index is 0.299. The molecule has 4 unspecified atom stereocenters. The summed E-state index contributed by atoms with van der Waals surface area (Å²) >= 11 is 0. The van der Waals surface area contributed by atoms with Crippen molar-refractivity contribution in [1.29, 1.82) is 0 Å². The van der Waals surface area contributed by atoms with Crippen molar-refractivity contribution in [3.63, 3.8) is 0 Å². The summed E-state index contributed by atoms with van der Waals surface area (Å²) in [6.45, 7) is 13.7. The van der Waals surface area contributed by atoms with Gasteiger partial charge in [-0.05, 0) is 54.8 Å². The lowest BCUT2D eigenvalue weighted by Gasteiger charge is -2.44. The molecule has 0 heterocycles. The van der Waals surface area contributed by atoms with Crippen molar-refractivity contribution in [1.82, 2.24) is 0 Å². The molecule has 0 radical (unpaired) electrons. The highest BCUT2D eigenvalue weighted by Gasteiger charge is 2.38. The molecule has 108 valence electrons. The molecule has 0 aromatic heterocycles. The van der Waals surface area contributed by atoms with Crippen LogP contribution in [-0.2, 0) is 0 Å². The van der Waals surface area contributed by atoms with Crippen LogP contribution in [0.4, 0.5) is 0 Å². The molecule has 0 spiro atoms. The van der Waals surface area contributed by atoms with E-state index in [4.69, 9.17) is 0 Å². The fraction of sp³-hybridized carbons (Fsp3) is 0.789. The highest BCUT2D eigenvalue weighted by Crippen LogP contribution is 2.48. The van der Waals surface area contributed by atoms with E-state index < -0.39 is 0 Å². The van der Waals surface area contributed by atoms with Gasteiger partial charge in [-0.25, -0.2) is 0 Å².